The van der Waals surface area contributed by atoms with Crippen molar-refractivity contribution in [3.63, 3.8) is 0 Å². The Kier molecular flexibility index (Phi) is 6.06. The molecule has 164 valence electrons. The third kappa shape index (κ3) is 5.23. The van der Waals surface area contributed by atoms with E-state index in [9.17, 15) is 0 Å². The van der Waals surface area contributed by atoms with Gasteiger partial charge in [0.15, 0.2) is 5.82 Å². The van der Waals surface area contributed by atoms with E-state index in [2.05, 4.69) is 81.1 Å². The quantitative estimate of drug-likeness (QED) is 0.360. The molecule has 1 atom stereocenters. The highest BCUT2D eigenvalue weighted by Crippen LogP contribution is 2.23. The fourth-order valence-electron chi connectivity index (χ4n) is 3.95. The molecule has 3 aromatic carbocycles. The van der Waals surface area contributed by atoms with E-state index >= 15 is 0 Å². The SMILES string of the molecule is CC(Cc1ccc(OCc2ccc3ccccc3n2)cc1)c1ccc(Cc2nnn[nH]2)cc1. The van der Waals surface area contributed by atoms with E-state index in [0.29, 0.717) is 18.9 Å². The summed E-state index contributed by atoms with van der Waals surface area (Å²) in [5.74, 6) is 2.04. The van der Waals surface area contributed by atoms with Crippen LogP contribution < -0.4 is 4.74 Å². The van der Waals surface area contributed by atoms with Crippen molar-refractivity contribution in [1.82, 2.24) is 25.6 Å². The van der Waals surface area contributed by atoms with Crippen molar-refractivity contribution in [3.05, 3.63) is 113 Å². The summed E-state index contributed by atoms with van der Waals surface area (Å²) in [6.45, 7) is 2.71. The summed E-state index contributed by atoms with van der Waals surface area (Å²) < 4.78 is 5.96. The van der Waals surface area contributed by atoms with Crippen LogP contribution in [-0.4, -0.2) is 25.6 Å². The summed E-state index contributed by atoms with van der Waals surface area (Å²) >= 11 is 0. The second-order valence-corrected chi connectivity index (χ2v) is 8.30. The van der Waals surface area contributed by atoms with Crippen LogP contribution in [0.25, 0.3) is 10.9 Å². The van der Waals surface area contributed by atoms with Gasteiger partial charge in [0.1, 0.15) is 12.4 Å². The third-order valence-corrected chi connectivity index (χ3v) is 5.82. The predicted octanol–water partition coefficient (Wildman–Crippen LogP) is 5.26. The second-order valence-electron chi connectivity index (χ2n) is 8.30. The Labute approximate surface area is 192 Å². The van der Waals surface area contributed by atoms with E-state index in [1.54, 1.807) is 0 Å². The Bertz CT molecular complexity index is 1320. The molecular formula is C27H25N5O. The lowest BCUT2D eigenvalue weighted by Crippen LogP contribution is -2.00. The molecule has 1 unspecified atom stereocenters. The highest BCUT2D eigenvalue weighted by molar-refractivity contribution is 5.78. The van der Waals surface area contributed by atoms with Crippen LogP contribution in [-0.2, 0) is 19.4 Å². The van der Waals surface area contributed by atoms with Gasteiger partial charge in [-0.1, -0.05) is 67.6 Å². The highest BCUT2D eigenvalue weighted by atomic mass is 16.5. The second kappa shape index (κ2) is 9.61. The minimum atomic E-state index is 0.416. The molecule has 0 aliphatic heterocycles. The maximum atomic E-state index is 5.96. The predicted molar refractivity (Wildman–Crippen MR) is 128 cm³/mol. The van der Waals surface area contributed by atoms with E-state index in [1.165, 1.54) is 16.7 Å². The number of benzene rings is 3. The zero-order valence-corrected chi connectivity index (χ0v) is 18.5. The number of para-hydroxylation sites is 1. The summed E-state index contributed by atoms with van der Waals surface area (Å²) in [6.07, 6.45) is 1.68. The largest absolute Gasteiger partial charge is 0.487 e. The number of hydrogen-bond acceptors (Lipinski definition) is 5. The number of pyridine rings is 1. The van der Waals surface area contributed by atoms with Crippen LogP contribution in [0, 0.1) is 0 Å². The van der Waals surface area contributed by atoms with E-state index in [-0.39, 0.29) is 0 Å². The summed E-state index contributed by atoms with van der Waals surface area (Å²) in [6, 6.07) is 29.3. The van der Waals surface area contributed by atoms with Gasteiger partial charge in [0.05, 0.1) is 11.2 Å². The lowest BCUT2D eigenvalue weighted by atomic mass is 9.93. The lowest BCUT2D eigenvalue weighted by molar-refractivity contribution is 0.301. The molecule has 0 saturated carbocycles. The molecule has 33 heavy (non-hydrogen) atoms. The zero-order valence-electron chi connectivity index (χ0n) is 18.5. The van der Waals surface area contributed by atoms with Crippen LogP contribution in [0.1, 0.15) is 41.1 Å². The Morgan fingerprint density at radius 3 is 2.42 bits per heavy atom. The van der Waals surface area contributed by atoms with Crippen LogP contribution in [0.15, 0.2) is 84.9 Å². The minimum absolute atomic E-state index is 0.416. The van der Waals surface area contributed by atoms with E-state index in [1.807, 2.05) is 36.4 Å². The first kappa shape index (κ1) is 20.8. The van der Waals surface area contributed by atoms with Crippen molar-refractivity contribution in [1.29, 1.82) is 0 Å². The Morgan fingerprint density at radius 2 is 1.64 bits per heavy atom. The normalized spacial score (nSPS) is 12.0. The molecular weight excluding hydrogens is 410 g/mol. The van der Waals surface area contributed by atoms with Crippen molar-refractivity contribution in [2.24, 2.45) is 0 Å². The molecule has 0 amide bonds. The lowest BCUT2D eigenvalue weighted by Gasteiger charge is -2.13. The first-order valence-corrected chi connectivity index (χ1v) is 11.1. The highest BCUT2D eigenvalue weighted by Gasteiger charge is 2.08. The minimum Gasteiger partial charge on any atom is -0.487 e. The number of hydrogen-bond donors (Lipinski definition) is 1. The standard InChI is InChI=1S/C27H25N5O/c1-19(22-10-6-21(7-11-22)17-27-29-31-32-30-27)16-20-8-14-25(15-9-20)33-18-24-13-12-23-4-2-3-5-26(23)28-24/h2-15,19H,16-18H2,1H3,(H,29,30,31,32). The third-order valence-electron chi connectivity index (χ3n) is 5.82. The maximum Gasteiger partial charge on any atom is 0.152 e. The van der Waals surface area contributed by atoms with Crippen LogP contribution >= 0.6 is 0 Å². The van der Waals surface area contributed by atoms with E-state index in [0.717, 1.165) is 34.6 Å². The van der Waals surface area contributed by atoms with E-state index < -0.39 is 0 Å². The van der Waals surface area contributed by atoms with Gasteiger partial charge >= 0.3 is 0 Å². The molecule has 0 spiro atoms. The molecule has 5 rings (SSSR count). The van der Waals surface area contributed by atoms with Gasteiger partial charge in [-0.25, -0.2) is 10.1 Å². The summed E-state index contributed by atoms with van der Waals surface area (Å²) in [5.41, 5.74) is 5.71. The number of tetrazole rings is 1. The molecule has 0 fully saturated rings. The molecule has 2 aromatic heterocycles. The Balaban J connectivity index is 1.16. The number of fused-ring (bicyclic) bond motifs is 1. The smallest absolute Gasteiger partial charge is 0.152 e. The van der Waals surface area contributed by atoms with Crippen molar-refractivity contribution < 1.29 is 4.74 Å². The monoisotopic (exact) mass is 435 g/mol. The van der Waals surface area contributed by atoms with Crippen molar-refractivity contribution in [3.8, 4) is 5.75 Å². The summed E-state index contributed by atoms with van der Waals surface area (Å²) in [4.78, 5) is 4.67. The van der Waals surface area contributed by atoms with Gasteiger partial charge in [-0.3, -0.25) is 0 Å². The molecule has 0 saturated heterocycles. The molecule has 1 N–H and O–H groups in total. The molecule has 2 heterocycles. The van der Waals surface area contributed by atoms with Crippen LogP contribution in [0.4, 0.5) is 0 Å². The van der Waals surface area contributed by atoms with Crippen molar-refractivity contribution in [2.45, 2.75) is 32.3 Å². The molecule has 0 radical (unpaired) electrons. The Morgan fingerprint density at radius 1 is 0.848 bits per heavy atom. The fourth-order valence-corrected chi connectivity index (χ4v) is 3.95. The number of aromatic amines is 1. The van der Waals surface area contributed by atoms with Crippen molar-refractivity contribution >= 4 is 10.9 Å². The molecule has 0 aliphatic carbocycles. The first-order valence-electron chi connectivity index (χ1n) is 11.1. The fraction of sp³-hybridized carbons (Fsp3) is 0.185. The zero-order chi connectivity index (χ0) is 22.5. The average molecular weight is 436 g/mol. The number of nitrogens with zero attached hydrogens (tertiary/aromatic N) is 4. The number of H-pyrrole nitrogens is 1. The molecule has 6 nitrogen and oxygen atoms in total. The van der Waals surface area contributed by atoms with Gasteiger partial charge in [-0.2, -0.15) is 0 Å². The number of aromatic nitrogens is 5. The van der Waals surface area contributed by atoms with Gasteiger partial charge in [0, 0.05) is 11.8 Å². The summed E-state index contributed by atoms with van der Waals surface area (Å²) in [5, 5.41) is 15.1. The maximum absolute atomic E-state index is 5.96. The van der Waals surface area contributed by atoms with Gasteiger partial charge < -0.3 is 4.74 Å². The number of rotatable bonds is 8. The Hall–Kier alpha value is -4.06. The number of nitrogens with one attached hydrogen (secondary N) is 1. The molecule has 6 heteroatoms. The van der Waals surface area contributed by atoms with Gasteiger partial charge in [0.2, 0.25) is 0 Å². The van der Waals surface area contributed by atoms with Gasteiger partial charge in [0.25, 0.3) is 0 Å². The first-order chi connectivity index (χ1) is 16.2. The molecule has 0 aliphatic rings. The molecule has 0 bridgehead atoms. The van der Waals surface area contributed by atoms with E-state index in [4.69, 9.17) is 4.74 Å². The van der Waals surface area contributed by atoms with Crippen LogP contribution in [0.2, 0.25) is 0 Å². The van der Waals surface area contributed by atoms with Crippen LogP contribution in [0.3, 0.4) is 0 Å². The van der Waals surface area contributed by atoms with Gasteiger partial charge in [-0.15, -0.1) is 5.10 Å². The summed E-state index contributed by atoms with van der Waals surface area (Å²) in [7, 11) is 0. The van der Waals surface area contributed by atoms with Crippen molar-refractivity contribution in [2.75, 3.05) is 0 Å². The number of ether oxygens (including phenoxy) is 1. The topological polar surface area (TPSA) is 76.6 Å². The molecule has 5 aromatic rings. The van der Waals surface area contributed by atoms with Gasteiger partial charge in [-0.05, 0) is 63.7 Å². The van der Waals surface area contributed by atoms with Crippen LogP contribution in [0.5, 0.6) is 5.75 Å². The average Bonchev–Trinajstić information content (AvgIpc) is 3.37.